The van der Waals surface area contributed by atoms with Crippen LogP contribution in [-0.2, 0) is 14.3 Å². The van der Waals surface area contributed by atoms with Crippen molar-refractivity contribution in [2.75, 3.05) is 31.2 Å². The molecular weight excluding hydrogens is 346 g/mol. The van der Waals surface area contributed by atoms with E-state index in [1.165, 1.54) is 18.3 Å². The molecule has 2 rings (SSSR count). The third-order valence-corrected chi connectivity index (χ3v) is 4.51. The zero-order valence-electron chi connectivity index (χ0n) is 14.5. The fraction of sp³-hybridized carbons (Fsp3) is 0.600. The van der Waals surface area contributed by atoms with E-state index in [4.69, 9.17) is 4.74 Å². The fourth-order valence-corrected chi connectivity index (χ4v) is 3.14. The third kappa shape index (κ3) is 5.40. The molecule has 10 heteroatoms. The van der Waals surface area contributed by atoms with Gasteiger partial charge < -0.3 is 15.0 Å². The maximum Gasteiger partial charge on any atom is 0.289 e. The molecular formula is C15H23N5O4S. The van der Waals surface area contributed by atoms with Gasteiger partial charge in [0.25, 0.3) is 11.8 Å². The van der Waals surface area contributed by atoms with Crippen LogP contribution in [0.25, 0.3) is 0 Å². The Kier molecular flexibility index (Phi) is 6.71. The molecule has 1 fully saturated rings. The van der Waals surface area contributed by atoms with Crippen LogP contribution in [0.15, 0.2) is 5.38 Å². The highest BCUT2D eigenvalue weighted by atomic mass is 32.1. The number of anilines is 1. The first-order valence-corrected chi connectivity index (χ1v) is 8.92. The number of nitrogens with one attached hydrogen (secondary N) is 3. The minimum Gasteiger partial charge on any atom is -0.378 e. The lowest BCUT2D eigenvalue weighted by molar-refractivity contribution is -0.129. The minimum atomic E-state index is -0.725. The molecule has 1 saturated heterocycles. The van der Waals surface area contributed by atoms with Gasteiger partial charge in [-0.25, -0.2) is 4.98 Å². The number of aromatic nitrogens is 1. The van der Waals surface area contributed by atoms with Crippen molar-refractivity contribution in [2.24, 2.45) is 5.92 Å². The maximum atomic E-state index is 12.1. The summed E-state index contributed by atoms with van der Waals surface area (Å²) < 4.78 is 5.29. The summed E-state index contributed by atoms with van der Waals surface area (Å²) in [7, 11) is 0. The van der Waals surface area contributed by atoms with Gasteiger partial charge in [0.15, 0.2) is 5.13 Å². The van der Waals surface area contributed by atoms with Crippen molar-refractivity contribution < 1.29 is 19.1 Å². The molecule has 138 valence electrons. The van der Waals surface area contributed by atoms with Crippen LogP contribution >= 0.6 is 11.3 Å². The number of thiazole rings is 1. The van der Waals surface area contributed by atoms with Crippen molar-refractivity contribution in [3.63, 3.8) is 0 Å². The largest absolute Gasteiger partial charge is 0.378 e. The van der Waals surface area contributed by atoms with Gasteiger partial charge in [-0.1, -0.05) is 13.8 Å². The van der Waals surface area contributed by atoms with Crippen LogP contribution < -0.4 is 21.1 Å². The van der Waals surface area contributed by atoms with Gasteiger partial charge in [-0.2, -0.15) is 0 Å². The van der Waals surface area contributed by atoms with Crippen molar-refractivity contribution in [3.05, 3.63) is 11.1 Å². The lowest BCUT2D eigenvalue weighted by Gasteiger charge is -2.25. The lowest BCUT2D eigenvalue weighted by atomic mass is 10.0. The Bertz CT molecular complexity index is 627. The molecule has 0 saturated carbocycles. The number of nitrogens with zero attached hydrogens (tertiary/aromatic N) is 2. The normalized spacial score (nSPS) is 15.6. The summed E-state index contributed by atoms with van der Waals surface area (Å²) in [6.07, 6.45) is 0. The molecule has 9 nitrogen and oxygen atoms in total. The zero-order valence-corrected chi connectivity index (χ0v) is 15.3. The van der Waals surface area contributed by atoms with E-state index in [1.807, 2.05) is 0 Å². The first-order chi connectivity index (χ1) is 11.9. The molecule has 3 amide bonds. The maximum absolute atomic E-state index is 12.1. The molecule has 0 aromatic carbocycles. The van der Waals surface area contributed by atoms with Crippen molar-refractivity contribution in [2.45, 2.75) is 26.8 Å². The molecule has 2 heterocycles. The predicted octanol–water partition coefficient (Wildman–Crippen LogP) is -0.0986. The smallest absolute Gasteiger partial charge is 0.289 e. The van der Waals surface area contributed by atoms with Gasteiger partial charge in [0, 0.05) is 25.4 Å². The molecule has 1 aromatic rings. The number of carbonyl (C=O) groups excluding carboxylic acids is 3. The Morgan fingerprint density at radius 1 is 1.24 bits per heavy atom. The Labute approximate surface area is 150 Å². The molecule has 1 unspecified atom stereocenters. The summed E-state index contributed by atoms with van der Waals surface area (Å²) in [6.45, 7) is 7.68. The Balaban J connectivity index is 1.90. The van der Waals surface area contributed by atoms with E-state index >= 15 is 0 Å². The van der Waals surface area contributed by atoms with E-state index in [2.05, 4.69) is 26.1 Å². The molecule has 1 aliphatic heterocycles. The Morgan fingerprint density at radius 2 is 1.92 bits per heavy atom. The average molecular weight is 369 g/mol. The van der Waals surface area contributed by atoms with Crippen LogP contribution in [0.4, 0.5) is 5.13 Å². The van der Waals surface area contributed by atoms with Crippen LogP contribution in [0.2, 0.25) is 0 Å². The summed E-state index contributed by atoms with van der Waals surface area (Å²) in [5, 5.41) is 4.94. The molecule has 1 aromatic heterocycles. The minimum absolute atomic E-state index is 0.118. The predicted molar refractivity (Wildman–Crippen MR) is 93.2 cm³/mol. The number of hydrogen-bond donors (Lipinski definition) is 3. The van der Waals surface area contributed by atoms with Crippen molar-refractivity contribution >= 4 is 34.2 Å². The Morgan fingerprint density at radius 3 is 2.52 bits per heavy atom. The summed E-state index contributed by atoms with van der Waals surface area (Å²) in [6, 6.07) is -0.725. The number of morpholine rings is 1. The first-order valence-electron chi connectivity index (χ1n) is 8.04. The van der Waals surface area contributed by atoms with E-state index in [-0.39, 0.29) is 17.5 Å². The summed E-state index contributed by atoms with van der Waals surface area (Å²) >= 11 is 1.37. The fourth-order valence-electron chi connectivity index (χ4n) is 2.28. The summed E-state index contributed by atoms with van der Waals surface area (Å²) in [5.41, 5.74) is 4.90. The lowest BCUT2D eigenvalue weighted by Crippen LogP contribution is -2.54. The second kappa shape index (κ2) is 8.77. The second-order valence-corrected chi connectivity index (χ2v) is 6.82. The zero-order chi connectivity index (χ0) is 18.4. The standard InChI is InChI=1S/C15H23N5O4S/c1-9(2)12(16-10(3)21)14(23)19-18-13(22)11-8-25-15(17-11)20-4-6-24-7-5-20/h8-9,12H,4-7H2,1-3H3,(H,16,21)(H,18,22)(H,19,23). The van der Waals surface area contributed by atoms with Gasteiger partial charge in [-0.3, -0.25) is 25.2 Å². The molecule has 0 aliphatic carbocycles. The van der Waals surface area contributed by atoms with E-state index in [0.717, 1.165) is 18.2 Å². The van der Waals surface area contributed by atoms with Gasteiger partial charge in [0.1, 0.15) is 11.7 Å². The number of hydrogen-bond acceptors (Lipinski definition) is 7. The third-order valence-electron chi connectivity index (χ3n) is 3.61. The Hall–Kier alpha value is -2.20. The first kappa shape index (κ1) is 19.1. The number of amides is 3. The van der Waals surface area contributed by atoms with Gasteiger partial charge in [0.05, 0.1) is 13.2 Å². The molecule has 25 heavy (non-hydrogen) atoms. The van der Waals surface area contributed by atoms with Crippen LogP contribution in [0.3, 0.4) is 0 Å². The SMILES string of the molecule is CC(=O)NC(C(=O)NNC(=O)c1csc(N2CCOCC2)n1)C(C)C. The highest BCUT2D eigenvalue weighted by molar-refractivity contribution is 7.13. The highest BCUT2D eigenvalue weighted by Gasteiger charge is 2.24. The van der Waals surface area contributed by atoms with Crippen molar-refractivity contribution in [1.82, 2.24) is 21.2 Å². The second-order valence-electron chi connectivity index (χ2n) is 5.98. The van der Waals surface area contributed by atoms with Crippen LogP contribution in [0, 0.1) is 5.92 Å². The van der Waals surface area contributed by atoms with E-state index < -0.39 is 17.9 Å². The van der Waals surface area contributed by atoms with Crippen LogP contribution in [-0.4, -0.2) is 55.1 Å². The van der Waals surface area contributed by atoms with Crippen LogP contribution in [0.5, 0.6) is 0 Å². The van der Waals surface area contributed by atoms with Crippen molar-refractivity contribution in [3.8, 4) is 0 Å². The molecule has 0 radical (unpaired) electrons. The van der Waals surface area contributed by atoms with Gasteiger partial charge in [-0.05, 0) is 5.92 Å². The van der Waals surface area contributed by atoms with Gasteiger partial charge in [-0.15, -0.1) is 11.3 Å². The number of rotatable bonds is 5. The average Bonchev–Trinajstić information content (AvgIpc) is 3.08. The molecule has 0 spiro atoms. The van der Waals surface area contributed by atoms with E-state index in [1.54, 1.807) is 19.2 Å². The number of hydrazine groups is 1. The van der Waals surface area contributed by atoms with Crippen LogP contribution in [0.1, 0.15) is 31.3 Å². The van der Waals surface area contributed by atoms with E-state index in [0.29, 0.717) is 13.2 Å². The van der Waals surface area contributed by atoms with E-state index in [9.17, 15) is 14.4 Å². The summed E-state index contributed by atoms with van der Waals surface area (Å²) in [5.74, 6) is -1.42. The molecule has 1 atom stereocenters. The highest BCUT2D eigenvalue weighted by Crippen LogP contribution is 2.21. The van der Waals surface area contributed by atoms with Gasteiger partial charge in [0.2, 0.25) is 5.91 Å². The van der Waals surface area contributed by atoms with Crippen molar-refractivity contribution in [1.29, 1.82) is 0 Å². The molecule has 3 N–H and O–H groups in total. The number of carbonyl (C=O) groups is 3. The monoisotopic (exact) mass is 369 g/mol. The number of ether oxygens (including phenoxy) is 1. The topological polar surface area (TPSA) is 113 Å². The summed E-state index contributed by atoms with van der Waals surface area (Å²) in [4.78, 5) is 41.8. The molecule has 1 aliphatic rings. The van der Waals surface area contributed by atoms with Gasteiger partial charge >= 0.3 is 0 Å². The molecule has 0 bridgehead atoms. The quantitative estimate of drug-likeness (QED) is 0.625.